The number of anilines is 3. The topological polar surface area (TPSA) is 83.0 Å². The van der Waals surface area contributed by atoms with Gasteiger partial charge in [0.1, 0.15) is 21.4 Å². The van der Waals surface area contributed by atoms with Crippen LogP contribution in [0.5, 0.6) is 0 Å². The molecule has 7 nitrogen and oxygen atoms in total. The molecule has 12 heteroatoms. The van der Waals surface area contributed by atoms with E-state index in [-0.39, 0.29) is 29.4 Å². The molecule has 0 saturated carbocycles. The Balaban J connectivity index is 1.90. The number of carbonyl (C=O) groups excluding carboxylic acids is 1. The van der Waals surface area contributed by atoms with Crippen molar-refractivity contribution in [2.45, 2.75) is 31.9 Å². The van der Waals surface area contributed by atoms with Crippen LogP contribution in [0.1, 0.15) is 30.8 Å². The van der Waals surface area contributed by atoms with Crippen molar-refractivity contribution in [1.29, 1.82) is 0 Å². The highest BCUT2D eigenvalue weighted by Crippen LogP contribution is 2.42. The molecule has 0 bridgehead atoms. The Bertz CT molecular complexity index is 905. The number of halogens is 4. The fraction of sp³-hybridized carbons (Fsp3) is 0.500. The van der Waals surface area contributed by atoms with Crippen LogP contribution >= 0.6 is 22.9 Å². The Morgan fingerprint density at radius 1 is 1.39 bits per heavy atom. The van der Waals surface area contributed by atoms with Gasteiger partial charge >= 0.3 is 6.18 Å². The number of amides is 1. The Morgan fingerprint density at radius 3 is 2.68 bits per heavy atom. The second-order valence-electron chi connectivity index (χ2n) is 6.56. The van der Waals surface area contributed by atoms with Crippen molar-refractivity contribution in [2.75, 3.05) is 30.8 Å². The van der Waals surface area contributed by atoms with Gasteiger partial charge in [-0.3, -0.25) is 4.79 Å². The molecule has 0 aromatic carbocycles. The van der Waals surface area contributed by atoms with Crippen molar-refractivity contribution >= 4 is 45.6 Å². The third-order valence-corrected chi connectivity index (χ3v) is 6.11. The minimum absolute atomic E-state index is 0.0512. The number of nitrogens with one attached hydrogen (secondary N) is 2. The van der Waals surface area contributed by atoms with Crippen LogP contribution in [0.2, 0.25) is 5.15 Å². The number of alkyl halides is 3. The highest BCUT2D eigenvalue weighted by atomic mass is 35.5. The second kappa shape index (κ2) is 7.36. The lowest BCUT2D eigenvalue weighted by atomic mass is 9.90. The lowest BCUT2D eigenvalue weighted by Gasteiger charge is -2.18. The zero-order chi connectivity index (χ0) is 20.7. The Kier molecular flexibility index (Phi) is 5.41. The monoisotopic (exact) mass is 434 g/mol. The van der Waals surface area contributed by atoms with Gasteiger partial charge < -0.3 is 15.5 Å². The molecule has 3 heterocycles. The van der Waals surface area contributed by atoms with E-state index in [1.807, 2.05) is 0 Å². The predicted octanol–water partition coefficient (Wildman–Crippen LogP) is 3.90. The molecular weight excluding hydrogens is 417 g/mol. The first kappa shape index (κ1) is 20.6. The van der Waals surface area contributed by atoms with E-state index in [1.54, 1.807) is 25.8 Å². The summed E-state index contributed by atoms with van der Waals surface area (Å²) in [5.74, 6) is -0.432. The van der Waals surface area contributed by atoms with Gasteiger partial charge in [-0.25, -0.2) is 9.97 Å². The maximum absolute atomic E-state index is 13.1. The summed E-state index contributed by atoms with van der Waals surface area (Å²) in [4.78, 5) is 26.0. The average molecular weight is 435 g/mol. The standard InChI is InChI=1S/C16H18ClF3N6OS/c1-4-21-10-8(16(18,19)20)7-22-14(24-10)25-11-9(17)23-12(28-11)15(2)5-6-26(3)13(15)27/h7H,4-6H2,1-3H3,(H2,21,22,24,25). The van der Waals surface area contributed by atoms with Crippen molar-refractivity contribution < 1.29 is 18.0 Å². The van der Waals surface area contributed by atoms with Crippen molar-refractivity contribution in [3.8, 4) is 0 Å². The predicted molar refractivity (Wildman–Crippen MR) is 101 cm³/mol. The fourth-order valence-electron chi connectivity index (χ4n) is 2.89. The molecule has 2 aromatic heterocycles. The van der Waals surface area contributed by atoms with Crippen LogP contribution in [0.25, 0.3) is 0 Å². The SMILES string of the molecule is CCNc1nc(Nc2sc(C3(C)CCN(C)C3=O)nc2Cl)ncc1C(F)(F)F. The van der Waals surface area contributed by atoms with E-state index in [4.69, 9.17) is 11.6 Å². The molecule has 3 rings (SSSR count). The normalized spacial score (nSPS) is 20.0. The lowest BCUT2D eigenvalue weighted by molar-refractivity contribution is -0.137. The highest BCUT2D eigenvalue weighted by molar-refractivity contribution is 7.16. The number of hydrogen-bond acceptors (Lipinski definition) is 7. The van der Waals surface area contributed by atoms with E-state index < -0.39 is 17.2 Å². The molecule has 152 valence electrons. The van der Waals surface area contributed by atoms with Crippen LogP contribution in [0, 0.1) is 0 Å². The van der Waals surface area contributed by atoms with Gasteiger partial charge in [-0.15, -0.1) is 0 Å². The molecule has 1 fully saturated rings. The first-order chi connectivity index (χ1) is 13.1. The molecule has 0 radical (unpaired) electrons. The van der Waals surface area contributed by atoms with Gasteiger partial charge in [0.25, 0.3) is 0 Å². The lowest BCUT2D eigenvalue weighted by Crippen LogP contribution is -2.33. The molecule has 1 saturated heterocycles. The number of hydrogen-bond donors (Lipinski definition) is 2. The highest BCUT2D eigenvalue weighted by Gasteiger charge is 2.45. The molecule has 1 unspecified atom stereocenters. The van der Waals surface area contributed by atoms with E-state index in [0.29, 0.717) is 29.2 Å². The molecule has 1 amide bonds. The summed E-state index contributed by atoms with van der Waals surface area (Å²) < 4.78 is 39.2. The number of rotatable bonds is 5. The average Bonchev–Trinajstić information content (AvgIpc) is 3.11. The first-order valence-electron chi connectivity index (χ1n) is 8.43. The summed E-state index contributed by atoms with van der Waals surface area (Å²) in [5, 5.41) is 6.40. The minimum Gasteiger partial charge on any atom is -0.370 e. The maximum Gasteiger partial charge on any atom is 0.421 e. The van der Waals surface area contributed by atoms with Crippen molar-refractivity contribution in [1.82, 2.24) is 19.9 Å². The summed E-state index contributed by atoms with van der Waals surface area (Å²) in [6.45, 7) is 4.34. The van der Waals surface area contributed by atoms with E-state index in [2.05, 4.69) is 25.6 Å². The summed E-state index contributed by atoms with van der Waals surface area (Å²) >= 11 is 7.35. The molecule has 0 aliphatic carbocycles. The van der Waals surface area contributed by atoms with Crippen LogP contribution < -0.4 is 10.6 Å². The van der Waals surface area contributed by atoms with Crippen LogP contribution in [0.3, 0.4) is 0 Å². The summed E-state index contributed by atoms with van der Waals surface area (Å²) in [6.07, 6.45) is -3.26. The van der Waals surface area contributed by atoms with E-state index >= 15 is 0 Å². The third kappa shape index (κ3) is 3.72. The zero-order valence-electron chi connectivity index (χ0n) is 15.3. The number of likely N-dealkylation sites (N-methyl/N-ethyl adjacent to an activating group) is 1. The molecule has 1 atom stereocenters. The van der Waals surface area contributed by atoms with Gasteiger partial charge in [0.05, 0.1) is 5.41 Å². The molecule has 2 N–H and O–H groups in total. The smallest absolute Gasteiger partial charge is 0.370 e. The molecular formula is C16H18ClF3N6OS. The van der Waals surface area contributed by atoms with Crippen LogP contribution in [-0.4, -0.2) is 45.9 Å². The largest absolute Gasteiger partial charge is 0.421 e. The molecule has 1 aliphatic heterocycles. The van der Waals surface area contributed by atoms with Gasteiger partial charge in [0, 0.05) is 26.3 Å². The van der Waals surface area contributed by atoms with E-state index in [9.17, 15) is 18.0 Å². The first-order valence-corrected chi connectivity index (χ1v) is 9.63. The zero-order valence-corrected chi connectivity index (χ0v) is 16.9. The maximum atomic E-state index is 13.1. The van der Waals surface area contributed by atoms with E-state index in [0.717, 1.165) is 11.3 Å². The number of thiazole rings is 1. The minimum atomic E-state index is -4.57. The molecule has 1 aliphatic rings. The van der Waals surface area contributed by atoms with Gasteiger partial charge in [-0.05, 0) is 20.3 Å². The van der Waals surface area contributed by atoms with Crippen molar-refractivity contribution in [3.63, 3.8) is 0 Å². The fourth-order valence-corrected chi connectivity index (χ4v) is 4.20. The van der Waals surface area contributed by atoms with Gasteiger partial charge in [-0.2, -0.15) is 18.2 Å². The molecule has 2 aromatic rings. The Morgan fingerprint density at radius 2 is 2.11 bits per heavy atom. The van der Waals surface area contributed by atoms with Gasteiger partial charge in [0.2, 0.25) is 11.9 Å². The van der Waals surface area contributed by atoms with Crippen molar-refractivity contribution in [3.05, 3.63) is 21.9 Å². The number of aromatic nitrogens is 3. The number of nitrogens with zero attached hydrogens (tertiary/aromatic N) is 4. The van der Waals surface area contributed by atoms with Gasteiger partial charge in [0.15, 0.2) is 5.15 Å². The van der Waals surface area contributed by atoms with Crippen LogP contribution in [0.15, 0.2) is 6.20 Å². The third-order valence-electron chi connectivity index (χ3n) is 4.49. The van der Waals surface area contributed by atoms with Crippen molar-refractivity contribution in [2.24, 2.45) is 0 Å². The van der Waals surface area contributed by atoms with Crippen LogP contribution in [0.4, 0.5) is 29.9 Å². The summed E-state index contributed by atoms with van der Waals surface area (Å²) in [6, 6.07) is 0. The van der Waals surface area contributed by atoms with Crippen LogP contribution in [-0.2, 0) is 16.4 Å². The summed E-state index contributed by atoms with van der Waals surface area (Å²) in [5.41, 5.74) is -1.73. The number of carbonyl (C=O) groups is 1. The quantitative estimate of drug-likeness (QED) is 0.742. The number of likely N-dealkylation sites (tertiary alicyclic amines) is 1. The molecule has 0 spiro atoms. The van der Waals surface area contributed by atoms with Gasteiger partial charge in [-0.1, -0.05) is 22.9 Å². The molecule has 28 heavy (non-hydrogen) atoms. The second-order valence-corrected chi connectivity index (χ2v) is 7.91. The Labute approximate surface area is 168 Å². The van der Waals surface area contributed by atoms with E-state index in [1.165, 1.54) is 0 Å². The summed E-state index contributed by atoms with van der Waals surface area (Å²) in [7, 11) is 1.72. The Hall–Kier alpha value is -2.14.